The van der Waals surface area contributed by atoms with E-state index in [1.807, 2.05) is 67.8 Å². The van der Waals surface area contributed by atoms with Crippen LogP contribution in [-0.4, -0.2) is 7.19 Å². The molecule has 2 nitrogen and oxygen atoms in total. The van der Waals surface area contributed by atoms with Gasteiger partial charge in [-0.1, -0.05) is 0 Å². The molecule has 0 radical (unpaired) electrons. The fourth-order valence-electron chi connectivity index (χ4n) is 0. The van der Waals surface area contributed by atoms with E-state index >= 15 is 0 Å². The van der Waals surface area contributed by atoms with Crippen LogP contribution in [0.2, 0.25) is 0 Å². The molecule has 0 bridgehead atoms. The summed E-state index contributed by atoms with van der Waals surface area (Å²) < 4.78 is 19.4. The molecule has 0 heterocycles. The smallest absolute Gasteiger partial charge is 0.220 e. The van der Waals surface area contributed by atoms with Gasteiger partial charge in [-0.25, -0.2) is 8.42 Å². The molecule has 0 aromatic carbocycles. The molecule has 0 unspecified atom stereocenters. The average Bonchev–Trinajstić information content (AvgIpc) is 1.31. The van der Waals surface area contributed by atoms with Crippen molar-refractivity contribution in [1.29, 1.82) is 0 Å². The number of hydrogen-bond donors (Lipinski definition) is 1. The summed E-state index contributed by atoms with van der Waals surface area (Å²) in [5.74, 6) is 0. The van der Waals surface area contributed by atoms with E-state index in [1.165, 1.54) is 0 Å². The van der Waals surface area contributed by atoms with Gasteiger partial charge in [0.05, 0.1) is 0 Å². The third-order valence-electron chi connectivity index (χ3n) is 0.207. The minimum atomic E-state index is -2.28. The van der Waals surface area contributed by atoms with Crippen LogP contribution in [0.4, 0.5) is 0 Å². The van der Waals surface area contributed by atoms with Gasteiger partial charge in [-0.05, 0) is 67.8 Å². The molecule has 0 aromatic heterocycles. The first-order valence-corrected chi connectivity index (χ1v) is 5.57. The summed E-state index contributed by atoms with van der Waals surface area (Å²) in [6.45, 7) is 0. The number of alkyl halides is 3. The molecule has 0 saturated carbocycles. The Labute approximate surface area is 84.2 Å². The SMILES string of the molecule is O=[SH](=O)C(I)(I)I. The first kappa shape index (κ1) is 9.14. The van der Waals surface area contributed by atoms with Crippen LogP contribution in [0, 0.1) is 0 Å². The Hall–Kier alpha value is 2.14. The molecule has 0 spiro atoms. The quantitative estimate of drug-likeness (QED) is 0.368. The summed E-state index contributed by atoms with van der Waals surface area (Å²) in [5.41, 5.74) is 0. The van der Waals surface area contributed by atoms with Crippen LogP contribution >= 0.6 is 67.8 Å². The maximum Gasteiger partial charge on any atom is 0.220 e. The molecule has 6 heteroatoms. The van der Waals surface area contributed by atoms with Crippen LogP contribution in [0.25, 0.3) is 0 Å². The van der Waals surface area contributed by atoms with Crippen molar-refractivity contribution < 1.29 is 8.42 Å². The fourth-order valence-corrected chi connectivity index (χ4v) is 0. The highest BCUT2D eigenvalue weighted by molar-refractivity contribution is 14.3. The summed E-state index contributed by atoms with van der Waals surface area (Å²) >= 11 is 5.53. The molecule has 0 aliphatic rings. The lowest BCUT2D eigenvalue weighted by molar-refractivity contribution is 0.618. The highest BCUT2D eigenvalue weighted by Gasteiger charge is 2.19. The lowest BCUT2D eigenvalue weighted by Crippen LogP contribution is -1.98. The van der Waals surface area contributed by atoms with E-state index < -0.39 is 9.47 Å². The van der Waals surface area contributed by atoms with Gasteiger partial charge in [0.2, 0.25) is -1.23 Å². The number of hydrogen-bond acceptors (Lipinski definition) is 2. The van der Waals surface area contributed by atoms with Gasteiger partial charge in [0.15, 0.2) is 10.7 Å². The summed E-state index contributed by atoms with van der Waals surface area (Å²) in [5, 5.41) is 0. The van der Waals surface area contributed by atoms with Gasteiger partial charge in [0.25, 0.3) is 0 Å². The van der Waals surface area contributed by atoms with E-state index in [4.69, 9.17) is 0 Å². The minimum absolute atomic E-state index is 0.636. The lowest BCUT2D eigenvalue weighted by atomic mass is 11.9. The standard InChI is InChI=1S/CHI3O2S/c2-1(3,4)7(5)6/h7H. The van der Waals surface area contributed by atoms with Crippen molar-refractivity contribution in [2.75, 3.05) is 0 Å². The van der Waals surface area contributed by atoms with Gasteiger partial charge in [-0.3, -0.25) is 0 Å². The predicted octanol–water partition coefficient (Wildman–Crippen LogP) is 1.51. The molecule has 0 rings (SSSR count). The zero-order chi connectivity index (χ0) is 6.08. The highest BCUT2D eigenvalue weighted by atomic mass is 127. The Morgan fingerprint density at radius 2 is 1.29 bits per heavy atom. The largest absolute Gasteiger partial charge is 0.229 e. The topological polar surface area (TPSA) is 34.1 Å². The Morgan fingerprint density at radius 1 is 1.14 bits per heavy atom. The lowest BCUT2D eigenvalue weighted by Gasteiger charge is -1.97. The second-order valence-corrected chi connectivity index (χ2v) is 15.5. The average molecular weight is 458 g/mol. The van der Waals surface area contributed by atoms with Gasteiger partial charge in [-0.2, -0.15) is 0 Å². The third-order valence-corrected chi connectivity index (χ3v) is 4.17. The molecule has 0 fully saturated rings. The van der Waals surface area contributed by atoms with E-state index in [0.717, 1.165) is 0 Å². The van der Waals surface area contributed by atoms with Crippen molar-refractivity contribution >= 4 is 78.5 Å². The van der Waals surface area contributed by atoms with Crippen molar-refractivity contribution in [3.63, 3.8) is 0 Å². The molecule has 0 aromatic rings. The number of thiol groups is 1. The second-order valence-electron chi connectivity index (χ2n) is 0.725. The van der Waals surface area contributed by atoms with Crippen LogP contribution in [0.3, 0.4) is 0 Å². The van der Waals surface area contributed by atoms with Crippen LogP contribution in [0.5, 0.6) is 0 Å². The zero-order valence-electron chi connectivity index (χ0n) is 2.90. The van der Waals surface area contributed by atoms with Crippen molar-refractivity contribution in [2.45, 2.75) is -1.23 Å². The molecule has 0 saturated heterocycles. The first-order valence-electron chi connectivity index (χ1n) is 1.16. The number of rotatable bonds is 1. The molecule has 0 N–H and O–H groups in total. The maximum absolute atomic E-state index is 10.0. The zero-order valence-corrected chi connectivity index (χ0v) is 10.3. The van der Waals surface area contributed by atoms with Crippen molar-refractivity contribution in [3.05, 3.63) is 0 Å². The van der Waals surface area contributed by atoms with E-state index in [-0.39, 0.29) is 0 Å². The normalized spacial score (nSPS) is 12.6. The Bertz CT molecular complexity index is 113. The molecule has 7 heavy (non-hydrogen) atoms. The van der Waals surface area contributed by atoms with Crippen LogP contribution in [0.15, 0.2) is 0 Å². The van der Waals surface area contributed by atoms with Crippen LogP contribution < -0.4 is 0 Å². The van der Waals surface area contributed by atoms with E-state index in [0.29, 0.717) is 0 Å². The molecule has 44 valence electrons. The maximum atomic E-state index is 10.0. The Kier molecular flexibility index (Phi) is 4.37. The third kappa shape index (κ3) is 4.63. The first-order chi connectivity index (χ1) is 2.94. The highest BCUT2D eigenvalue weighted by Crippen LogP contribution is 2.35. The molecular formula is CHI3O2S. The molecular weight excluding hydrogens is 457 g/mol. The molecule has 0 aliphatic carbocycles. The van der Waals surface area contributed by atoms with Crippen molar-refractivity contribution in [1.82, 2.24) is 0 Å². The van der Waals surface area contributed by atoms with E-state index in [2.05, 4.69) is 0 Å². The molecule has 0 aliphatic heterocycles. The van der Waals surface area contributed by atoms with E-state index in [9.17, 15) is 8.42 Å². The van der Waals surface area contributed by atoms with Crippen LogP contribution in [0.1, 0.15) is 0 Å². The van der Waals surface area contributed by atoms with Crippen LogP contribution in [-0.2, 0) is 10.7 Å². The van der Waals surface area contributed by atoms with Gasteiger partial charge >= 0.3 is 0 Å². The van der Waals surface area contributed by atoms with Gasteiger partial charge in [0.1, 0.15) is 0 Å². The summed E-state index contributed by atoms with van der Waals surface area (Å²) in [7, 11) is -2.28. The van der Waals surface area contributed by atoms with E-state index in [1.54, 1.807) is 0 Å². The van der Waals surface area contributed by atoms with Gasteiger partial charge in [0, 0.05) is 0 Å². The monoisotopic (exact) mass is 458 g/mol. The Morgan fingerprint density at radius 3 is 1.29 bits per heavy atom. The fraction of sp³-hybridized carbons (Fsp3) is 1.00. The Balaban J connectivity index is 4.08. The molecule has 0 amide bonds. The summed E-state index contributed by atoms with van der Waals surface area (Å²) in [4.78, 5) is 0. The van der Waals surface area contributed by atoms with Crippen molar-refractivity contribution in [2.24, 2.45) is 0 Å². The van der Waals surface area contributed by atoms with Gasteiger partial charge < -0.3 is 0 Å². The molecule has 0 atom stereocenters. The van der Waals surface area contributed by atoms with Crippen molar-refractivity contribution in [3.8, 4) is 0 Å². The second kappa shape index (κ2) is 3.34. The number of halogens is 3. The summed E-state index contributed by atoms with van der Waals surface area (Å²) in [6.07, 6.45) is 0. The minimum Gasteiger partial charge on any atom is -0.229 e. The predicted molar refractivity (Wildman–Crippen MR) is 55.1 cm³/mol. The van der Waals surface area contributed by atoms with Gasteiger partial charge in [-0.15, -0.1) is 0 Å². The summed E-state index contributed by atoms with van der Waals surface area (Å²) in [6, 6.07) is 0.